The van der Waals surface area contributed by atoms with Crippen molar-refractivity contribution < 1.29 is 4.79 Å². The molecule has 2 aliphatic rings. The zero-order valence-electron chi connectivity index (χ0n) is 14.6. The van der Waals surface area contributed by atoms with Gasteiger partial charge in [0.15, 0.2) is 0 Å². The standard InChI is InChI=1S/C19H30N4O/c24-19(21-14-17-8-3-4-10-20-17)16-22-11-7-9-18(15-22)23-12-5-1-2-6-13-23/h3-4,8,10,18H,1-2,5-7,9,11-16H2,(H,21,24)/t18-/m1/s1. The molecule has 1 atom stereocenters. The SMILES string of the molecule is O=C(CN1CCC[C@@H](N2CCCCCC2)C1)NCc1ccccn1. The molecule has 0 bridgehead atoms. The maximum atomic E-state index is 12.2. The van der Waals surface area contributed by atoms with Crippen LogP contribution in [-0.2, 0) is 11.3 Å². The van der Waals surface area contributed by atoms with Crippen molar-refractivity contribution in [1.29, 1.82) is 0 Å². The van der Waals surface area contributed by atoms with Crippen molar-refractivity contribution in [2.75, 3.05) is 32.7 Å². The first-order valence-corrected chi connectivity index (χ1v) is 9.44. The van der Waals surface area contributed by atoms with E-state index in [2.05, 4.69) is 20.1 Å². The summed E-state index contributed by atoms with van der Waals surface area (Å²) in [6.45, 7) is 5.59. The second-order valence-corrected chi connectivity index (χ2v) is 7.08. The van der Waals surface area contributed by atoms with Gasteiger partial charge in [-0.15, -0.1) is 0 Å². The first-order valence-electron chi connectivity index (χ1n) is 9.44. The van der Waals surface area contributed by atoms with E-state index in [4.69, 9.17) is 0 Å². The van der Waals surface area contributed by atoms with Crippen LogP contribution in [0.5, 0.6) is 0 Å². The number of amides is 1. The van der Waals surface area contributed by atoms with Gasteiger partial charge in [-0.3, -0.25) is 19.6 Å². The number of aromatic nitrogens is 1. The molecule has 1 aromatic heterocycles. The summed E-state index contributed by atoms with van der Waals surface area (Å²) in [6, 6.07) is 6.42. The van der Waals surface area contributed by atoms with Gasteiger partial charge in [0.25, 0.3) is 0 Å². The van der Waals surface area contributed by atoms with Gasteiger partial charge in [0, 0.05) is 18.8 Å². The second kappa shape index (κ2) is 9.14. The summed E-state index contributed by atoms with van der Waals surface area (Å²) in [4.78, 5) is 21.5. The van der Waals surface area contributed by atoms with Gasteiger partial charge < -0.3 is 5.32 Å². The fourth-order valence-corrected chi connectivity index (χ4v) is 3.88. The van der Waals surface area contributed by atoms with Gasteiger partial charge in [-0.2, -0.15) is 0 Å². The molecule has 24 heavy (non-hydrogen) atoms. The van der Waals surface area contributed by atoms with Gasteiger partial charge >= 0.3 is 0 Å². The van der Waals surface area contributed by atoms with Crippen molar-refractivity contribution in [3.8, 4) is 0 Å². The van der Waals surface area contributed by atoms with Crippen LogP contribution in [0, 0.1) is 0 Å². The summed E-state index contributed by atoms with van der Waals surface area (Å²) in [5, 5.41) is 2.99. The smallest absolute Gasteiger partial charge is 0.234 e. The van der Waals surface area contributed by atoms with Crippen molar-refractivity contribution in [3.63, 3.8) is 0 Å². The average Bonchev–Trinajstić information content (AvgIpc) is 2.91. The zero-order chi connectivity index (χ0) is 16.6. The first-order chi connectivity index (χ1) is 11.8. The third-order valence-electron chi connectivity index (χ3n) is 5.20. The minimum Gasteiger partial charge on any atom is -0.349 e. The molecule has 1 amide bonds. The number of nitrogens with zero attached hydrogens (tertiary/aromatic N) is 3. The second-order valence-electron chi connectivity index (χ2n) is 7.08. The summed E-state index contributed by atoms with van der Waals surface area (Å²) in [5.74, 6) is 0.108. The fraction of sp³-hybridized carbons (Fsp3) is 0.684. The maximum absolute atomic E-state index is 12.2. The van der Waals surface area contributed by atoms with Crippen molar-refractivity contribution in [2.24, 2.45) is 0 Å². The highest BCUT2D eigenvalue weighted by Crippen LogP contribution is 2.19. The molecule has 0 unspecified atom stereocenters. The molecular formula is C19H30N4O. The van der Waals surface area contributed by atoms with Crippen LogP contribution in [0.2, 0.25) is 0 Å². The Balaban J connectivity index is 1.43. The number of nitrogens with one attached hydrogen (secondary N) is 1. The van der Waals surface area contributed by atoms with Crippen molar-refractivity contribution in [3.05, 3.63) is 30.1 Å². The van der Waals surface area contributed by atoms with E-state index in [-0.39, 0.29) is 5.91 Å². The van der Waals surface area contributed by atoms with Crippen LogP contribution < -0.4 is 5.32 Å². The van der Waals surface area contributed by atoms with Crippen LogP contribution in [0.15, 0.2) is 24.4 Å². The summed E-state index contributed by atoms with van der Waals surface area (Å²) in [5.41, 5.74) is 0.909. The highest BCUT2D eigenvalue weighted by molar-refractivity contribution is 5.77. The number of pyridine rings is 1. The molecule has 0 spiro atoms. The van der Waals surface area contributed by atoms with Crippen LogP contribution in [0.4, 0.5) is 0 Å². The number of rotatable bonds is 5. The lowest BCUT2D eigenvalue weighted by molar-refractivity contribution is -0.122. The Hall–Kier alpha value is -1.46. The van der Waals surface area contributed by atoms with Gasteiger partial charge in [0.2, 0.25) is 5.91 Å². The molecule has 0 saturated carbocycles. The Kier molecular flexibility index (Phi) is 6.61. The summed E-state index contributed by atoms with van der Waals surface area (Å²) >= 11 is 0. The lowest BCUT2D eigenvalue weighted by Gasteiger charge is -2.38. The topological polar surface area (TPSA) is 48.5 Å². The monoisotopic (exact) mass is 330 g/mol. The molecular weight excluding hydrogens is 300 g/mol. The van der Waals surface area contributed by atoms with Crippen molar-refractivity contribution >= 4 is 5.91 Å². The molecule has 1 aromatic rings. The third-order valence-corrected chi connectivity index (χ3v) is 5.20. The predicted molar refractivity (Wildman–Crippen MR) is 95.6 cm³/mol. The maximum Gasteiger partial charge on any atom is 0.234 e. The lowest BCUT2D eigenvalue weighted by atomic mass is 10.0. The third kappa shape index (κ3) is 5.28. The molecule has 3 rings (SSSR count). The number of carbonyl (C=O) groups is 1. The molecule has 3 heterocycles. The molecule has 0 aromatic carbocycles. The molecule has 2 aliphatic heterocycles. The number of likely N-dealkylation sites (tertiary alicyclic amines) is 2. The molecule has 2 saturated heterocycles. The van der Waals surface area contributed by atoms with E-state index in [1.807, 2.05) is 18.2 Å². The van der Waals surface area contributed by atoms with Crippen LogP contribution in [0.1, 0.15) is 44.2 Å². The van der Waals surface area contributed by atoms with E-state index in [0.29, 0.717) is 19.1 Å². The minimum absolute atomic E-state index is 0.108. The first kappa shape index (κ1) is 17.4. The van der Waals surface area contributed by atoms with Gasteiger partial charge in [0.1, 0.15) is 0 Å². The minimum atomic E-state index is 0.108. The van der Waals surface area contributed by atoms with E-state index in [1.54, 1.807) is 6.20 Å². The molecule has 132 valence electrons. The Morgan fingerprint density at radius 3 is 2.71 bits per heavy atom. The van der Waals surface area contributed by atoms with E-state index >= 15 is 0 Å². The molecule has 2 fully saturated rings. The van der Waals surface area contributed by atoms with Crippen molar-refractivity contribution in [1.82, 2.24) is 20.1 Å². The molecule has 0 aliphatic carbocycles. The zero-order valence-corrected chi connectivity index (χ0v) is 14.6. The summed E-state index contributed by atoms with van der Waals surface area (Å²) in [6.07, 6.45) is 9.67. The number of hydrogen-bond donors (Lipinski definition) is 1. The molecule has 5 heteroatoms. The van der Waals surface area contributed by atoms with Crippen molar-refractivity contribution in [2.45, 2.75) is 51.1 Å². The Bertz CT molecular complexity index is 499. The van der Waals surface area contributed by atoms with Crippen LogP contribution >= 0.6 is 0 Å². The highest BCUT2D eigenvalue weighted by Gasteiger charge is 2.26. The Morgan fingerprint density at radius 2 is 1.96 bits per heavy atom. The molecule has 5 nitrogen and oxygen atoms in total. The lowest BCUT2D eigenvalue weighted by Crippen LogP contribution is -2.50. The largest absolute Gasteiger partial charge is 0.349 e. The van der Waals surface area contributed by atoms with E-state index in [1.165, 1.54) is 51.6 Å². The van der Waals surface area contributed by atoms with E-state index in [9.17, 15) is 4.79 Å². The van der Waals surface area contributed by atoms with Crippen LogP contribution in [0.25, 0.3) is 0 Å². The van der Waals surface area contributed by atoms with E-state index < -0.39 is 0 Å². The van der Waals surface area contributed by atoms with Gasteiger partial charge in [-0.25, -0.2) is 0 Å². The Labute approximate surface area is 145 Å². The molecule has 1 N–H and O–H groups in total. The summed E-state index contributed by atoms with van der Waals surface area (Å²) < 4.78 is 0. The van der Waals surface area contributed by atoms with Gasteiger partial charge in [-0.05, 0) is 57.5 Å². The van der Waals surface area contributed by atoms with E-state index in [0.717, 1.165) is 18.8 Å². The fourth-order valence-electron chi connectivity index (χ4n) is 3.88. The number of piperidine rings is 1. The van der Waals surface area contributed by atoms with Crippen LogP contribution in [-0.4, -0.2) is 59.5 Å². The predicted octanol–water partition coefficient (Wildman–Crippen LogP) is 2.04. The molecule has 0 radical (unpaired) electrons. The number of carbonyl (C=O) groups excluding carboxylic acids is 1. The van der Waals surface area contributed by atoms with Gasteiger partial charge in [0.05, 0.1) is 18.8 Å². The summed E-state index contributed by atoms with van der Waals surface area (Å²) in [7, 11) is 0. The number of hydrogen-bond acceptors (Lipinski definition) is 4. The average molecular weight is 330 g/mol. The Morgan fingerprint density at radius 1 is 1.12 bits per heavy atom. The van der Waals surface area contributed by atoms with Crippen LogP contribution in [0.3, 0.4) is 0 Å². The quantitative estimate of drug-likeness (QED) is 0.897. The normalized spacial score (nSPS) is 23.6. The van der Waals surface area contributed by atoms with Gasteiger partial charge in [-0.1, -0.05) is 18.9 Å². The highest BCUT2D eigenvalue weighted by atomic mass is 16.2.